The van der Waals surface area contributed by atoms with Gasteiger partial charge < -0.3 is 13.9 Å². The van der Waals surface area contributed by atoms with Gasteiger partial charge in [0.05, 0.1) is 14.2 Å². The quantitative estimate of drug-likeness (QED) is 0.480. The molecule has 2 aromatic rings. The Labute approximate surface area is 134 Å². The van der Waals surface area contributed by atoms with Crippen molar-refractivity contribution >= 4 is 24.2 Å². The topological polar surface area (TPSA) is 72.5 Å². The van der Waals surface area contributed by atoms with Crippen LogP contribution in [-0.4, -0.2) is 20.2 Å². The van der Waals surface area contributed by atoms with E-state index in [1.54, 1.807) is 31.4 Å². The van der Waals surface area contributed by atoms with E-state index in [-0.39, 0.29) is 5.57 Å². The van der Waals surface area contributed by atoms with Gasteiger partial charge in [0.15, 0.2) is 0 Å². The number of furan rings is 1. The molecule has 0 unspecified atom stereocenters. The van der Waals surface area contributed by atoms with Crippen molar-refractivity contribution in [3.63, 3.8) is 0 Å². The van der Waals surface area contributed by atoms with Crippen molar-refractivity contribution in [1.82, 2.24) is 0 Å². The first kappa shape index (κ1) is 16.1. The van der Waals surface area contributed by atoms with Crippen molar-refractivity contribution in [1.29, 1.82) is 5.26 Å². The number of benzene rings is 1. The molecule has 0 aliphatic heterocycles. The predicted octanol–water partition coefficient (Wildman–Crippen LogP) is 3.54. The van der Waals surface area contributed by atoms with Crippen LogP contribution in [0.1, 0.15) is 17.1 Å². The first-order valence-corrected chi connectivity index (χ1v) is 6.78. The molecule has 1 aromatic heterocycles. The Bertz CT molecular complexity index is 776. The minimum absolute atomic E-state index is 0.118. The minimum Gasteiger partial charge on any atom is -0.497 e. The van der Waals surface area contributed by atoms with E-state index < -0.39 is 5.97 Å². The van der Waals surface area contributed by atoms with E-state index in [1.165, 1.54) is 13.2 Å². The lowest BCUT2D eigenvalue weighted by molar-refractivity contribution is -0.135. The molecule has 1 aromatic carbocycles. The number of rotatable bonds is 5. The molecule has 0 atom stereocenters. The Kier molecular flexibility index (Phi) is 5.37. The smallest absolute Gasteiger partial charge is 0.348 e. The Morgan fingerprint density at radius 3 is 2.39 bits per heavy atom. The molecule has 0 aliphatic carbocycles. The fourth-order valence-electron chi connectivity index (χ4n) is 1.82. The molecule has 23 heavy (non-hydrogen) atoms. The fraction of sp³-hybridized carbons (Fsp3) is 0.111. The highest BCUT2D eigenvalue weighted by atomic mass is 16.5. The summed E-state index contributed by atoms with van der Waals surface area (Å²) in [4.78, 5) is 11.3. The molecule has 1 heterocycles. The van der Waals surface area contributed by atoms with Crippen LogP contribution in [0.15, 0.2) is 46.4 Å². The normalized spacial score (nSPS) is 11.3. The van der Waals surface area contributed by atoms with Crippen LogP contribution in [0.5, 0.6) is 5.75 Å². The van der Waals surface area contributed by atoms with E-state index >= 15 is 0 Å². The summed E-state index contributed by atoms with van der Waals surface area (Å²) in [5.74, 6) is 1.11. The molecule has 0 fully saturated rings. The number of carbonyl (C=O) groups excluding carboxylic acids is 1. The monoisotopic (exact) mass is 309 g/mol. The average Bonchev–Trinajstić information content (AvgIpc) is 3.05. The first-order valence-electron chi connectivity index (χ1n) is 6.78. The summed E-state index contributed by atoms with van der Waals surface area (Å²) < 4.78 is 15.1. The number of esters is 1. The number of ether oxygens (including phenoxy) is 2. The second-order valence-corrected chi connectivity index (χ2v) is 4.51. The van der Waals surface area contributed by atoms with Crippen LogP contribution in [-0.2, 0) is 9.53 Å². The highest BCUT2D eigenvalue weighted by molar-refractivity contribution is 5.97. The third kappa shape index (κ3) is 4.35. The summed E-state index contributed by atoms with van der Waals surface area (Å²) in [6, 6.07) is 12.8. The Morgan fingerprint density at radius 1 is 1.09 bits per heavy atom. The summed E-state index contributed by atoms with van der Waals surface area (Å²) in [5.41, 5.74) is 0.874. The third-order valence-electron chi connectivity index (χ3n) is 3.02. The molecular formula is C18H15NO4. The Hall–Kier alpha value is -3.26. The molecule has 0 radical (unpaired) electrons. The van der Waals surface area contributed by atoms with Crippen LogP contribution in [0.25, 0.3) is 18.2 Å². The summed E-state index contributed by atoms with van der Waals surface area (Å²) in [6.45, 7) is 0. The van der Waals surface area contributed by atoms with Gasteiger partial charge in [0, 0.05) is 6.08 Å². The van der Waals surface area contributed by atoms with Crippen LogP contribution in [0.4, 0.5) is 0 Å². The minimum atomic E-state index is -0.695. The fourth-order valence-corrected chi connectivity index (χ4v) is 1.82. The average molecular weight is 309 g/mol. The number of carbonyl (C=O) groups is 1. The molecule has 5 heteroatoms. The number of nitrogens with zero attached hydrogens (tertiary/aromatic N) is 1. The van der Waals surface area contributed by atoms with E-state index in [4.69, 9.17) is 14.4 Å². The van der Waals surface area contributed by atoms with Gasteiger partial charge >= 0.3 is 5.97 Å². The molecule has 0 amide bonds. The van der Waals surface area contributed by atoms with Crippen LogP contribution in [0, 0.1) is 11.3 Å². The molecule has 0 saturated carbocycles. The largest absolute Gasteiger partial charge is 0.497 e. The standard InChI is InChI=1S/C18H15NO4/c1-21-15-6-3-13(4-7-15)5-8-16-9-10-17(23-16)11-14(12-19)18(20)22-2/h3-11H,1-2H3/b8-5+,14-11+. The summed E-state index contributed by atoms with van der Waals surface area (Å²) in [7, 11) is 2.84. The van der Waals surface area contributed by atoms with E-state index in [9.17, 15) is 4.79 Å². The van der Waals surface area contributed by atoms with Crippen LogP contribution in [0.2, 0.25) is 0 Å². The second kappa shape index (κ2) is 7.66. The second-order valence-electron chi connectivity index (χ2n) is 4.51. The molecule has 0 aliphatic rings. The van der Waals surface area contributed by atoms with Crippen molar-refractivity contribution < 1.29 is 18.7 Å². The van der Waals surface area contributed by atoms with E-state index in [0.717, 1.165) is 11.3 Å². The van der Waals surface area contributed by atoms with Crippen molar-refractivity contribution in [3.8, 4) is 11.8 Å². The molecule has 116 valence electrons. The van der Waals surface area contributed by atoms with E-state index in [0.29, 0.717) is 11.5 Å². The molecule has 0 bridgehead atoms. The summed E-state index contributed by atoms with van der Waals surface area (Å²) in [5, 5.41) is 8.91. The molecule has 0 N–H and O–H groups in total. The predicted molar refractivity (Wildman–Crippen MR) is 86.2 cm³/mol. The molecule has 0 saturated heterocycles. The summed E-state index contributed by atoms with van der Waals surface area (Å²) >= 11 is 0. The Morgan fingerprint density at radius 2 is 1.78 bits per heavy atom. The maximum Gasteiger partial charge on any atom is 0.348 e. The van der Waals surface area contributed by atoms with Crippen molar-refractivity contribution in [2.45, 2.75) is 0 Å². The van der Waals surface area contributed by atoms with Gasteiger partial charge in [-0.15, -0.1) is 0 Å². The van der Waals surface area contributed by atoms with Gasteiger partial charge in [0.25, 0.3) is 0 Å². The van der Waals surface area contributed by atoms with Crippen molar-refractivity contribution in [2.75, 3.05) is 14.2 Å². The van der Waals surface area contributed by atoms with Crippen molar-refractivity contribution in [3.05, 3.63) is 59.1 Å². The number of hydrogen-bond donors (Lipinski definition) is 0. The first-order chi connectivity index (χ1) is 11.2. The lowest BCUT2D eigenvalue weighted by atomic mass is 10.2. The van der Waals surface area contributed by atoms with Gasteiger partial charge in [0.1, 0.15) is 28.9 Å². The molecule has 5 nitrogen and oxygen atoms in total. The molecule has 0 spiro atoms. The third-order valence-corrected chi connectivity index (χ3v) is 3.02. The Balaban J connectivity index is 2.12. The lowest BCUT2D eigenvalue weighted by Crippen LogP contribution is -2.02. The van der Waals surface area contributed by atoms with Gasteiger partial charge in [-0.25, -0.2) is 4.79 Å². The van der Waals surface area contributed by atoms with Crippen LogP contribution in [0.3, 0.4) is 0 Å². The zero-order valence-electron chi connectivity index (χ0n) is 12.8. The van der Waals surface area contributed by atoms with E-state index in [2.05, 4.69) is 4.74 Å². The van der Waals surface area contributed by atoms with Gasteiger partial charge in [-0.1, -0.05) is 18.2 Å². The SMILES string of the molecule is COC(=O)/C(C#N)=C/c1ccc(/C=C/c2ccc(OC)cc2)o1. The lowest BCUT2D eigenvalue weighted by Gasteiger charge is -1.98. The summed E-state index contributed by atoms with van der Waals surface area (Å²) in [6.07, 6.45) is 5.02. The van der Waals surface area contributed by atoms with Gasteiger partial charge in [-0.3, -0.25) is 0 Å². The number of methoxy groups -OCH3 is 2. The molecule has 2 rings (SSSR count). The maximum atomic E-state index is 11.3. The van der Waals surface area contributed by atoms with Crippen molar-refractivity contribution in [2.24, 2.45) is 0 Å². The van der Waals surface area contributed by atoms with E-state index in [1.807, 2.05) is 30.3 Å². The zero-order chi connectivity index (χ0) is 16.7. The maximum absolute atomic E-state index is 11.3. The highest BCUT2D eigenvalue weighted by Gasteiger charge is 2.09. The zero-order valence-corrected chi connectivity index (χ0v) is 12.8. The van der Waals surface area contributed by atoms with Crippen LogP contribution >= 0.6 is 0 Å². The highest BCUT2D eigenvalue weighted by Crippen LogP contribution is 2.17. The number of hydrogen-bond acceptors (Lipinski definition) is 5. The van der Waals surface area contributed by atoms with Gasteiger partial charge in [-0.2, -0.15) is 5.26 Å². The molecular weight excluding hydrogens is 294 g/mol. The van der Waals surface area contributed by atoms with Gasteiger partial charge in [-0.05, 0) is 35.9 Å². The van der Waals surface area contributed by atoms with Gasteiger partial charge in [0.2, 0.25) is 0 Å². The number of nitriles is 1. The van der Waals surface area contributed by atoms with Crippen LogP contribution < -0.4 is 4.74 Å².